The van der Waals surface area contributed by atoms with E-state index in [0.29, 0.717) is 17.3 Å². The molecule has 178 valence electrons. The predicted molar refractivity (Wildman–Crippen MR) is 140 cm³/mol. The summed E-state index contributed by atoms with van der Waals surface area (Å²) in [6.45, 7) is 0.477. The predicted octanol–water partition coefficient (Wildman–Crippen LogP) is 7.37. The summed E-state index contributed by atoms with van der Waals surface area (Å²) >= 11 is 7.64. The Kier molecular flexibility index (Phi) is 6.41. The van der Waals surface area contributed by atoms with Gasteiger partial charge in [0.05, 0.1) is 26.9 Å². The van der Waals surface area contributed by atoms with Crippen molar-refractivity contribution in [1.29, 1.82) is 0 Å². The van der Waals surface area contributed by atoms with Crippen LogP contribution in [0, 0.1) is 20.2 Å². The molecule has 0 bridgehead atoms. The molecule has 0 aliphatic heterocycles. The smallest absolute Gasteiger partial charge is 0.260 e. The fourth-order valence-electron chi connectivity index (χ4n) is 3.86. The largest absolute Gasteiger partial charge is 0.270 e. The number of halogens is 1. The fraction of sp³-hybridized carbons (Fsp3) is 0.0385. The van der Waals surface area contributed by atoms with Gasteiger partial charge in [-0.25, -0.2) is 0 Å². The van der Waals surface area contributed by atoms with Crippen LogP contribution in [-0.4, -0.2) is 19.6 Å². The topological polar surface area (TPSA) is 104 Å². The first-order chi connectivity index (χ1) is 17.4. The third-order valence-corrected chi connectivity index (χ3v) is 7.11. The Morgan fingerprint density at radius 3 is 2.17 bits per heavy atom. The molecule has 0 atom stereocenters. The summed E-state index contributed by atoms with van der Waals surface area (Å²) in [6, 6.07) is 26.6. The van der Waals surface area contributed by atoms with E-state index in [-0.39, 0.29) is 11.4 Å². The van der Waals surface area contributed by atoms with Crippen molar-refractivity contribution in [1.82, 2.24) is 9.78 Å². The lowest BCUT2D eigenvalue weighted by Gasteiger charge is -2.07. The molecule has 5 rings (SSSR count). The molecule has 1 heterocycles. The van der Waals surface area contributed by atoms with Gasteiger partial charge < -0.3 is 0 Å². The highest BCUT2D eigenvalue weighted by atomic mass is 35.5. The van der Waals surface area contributed by atoms with Crippen molar-refractivity contribution in [3.63, 3.8) is 0 Å². The van der Waals surface area contributed by atoms with Crippen LogP contribution >= 0.6 is 23.4 Å². The number of nitro groups is 2. The highest BCUT2D eigenvalue weighted by Crippen LogP contribution is 2.36. The molecule has 0 N–H and O–H groups in total. The molecular weight excluding hydrogens is 500 g/mol. The fourth-order valence-corrected chi connectivity index (χ4v) is 4.97. The minimum Gasteiger partial charge on any atom is -0.260 e. The molecular formula is C26H17ClN4O4S. The van der Waals surface area contributed by atoms with Gasteiger partial charge in [0.25, 0.3) is 11.4 Å². The third-order valence-electron chi connectivity index (χ3n) is 5.60. The number of hydrogen-bond acceptors (Lipinski definition) is 6. The molecule has 0 radical (unpaired) electrons. The van der Waals surface area contributed by atoms with E-state index in [1.807, 2.05) is 59.3 Å². The number of benzene rings is 4. The van der Waals surface area contributed by atoms with E-state index < -0.39 is 9.85 Å². The number of aromatic nitrogens is 2. The average molecular weight is 517 g/mol. The Morgan fingerprint density at radius 2 is 1.50 bits per heavy atom. The first-order valence-corrected chi connectivity index (χ1v) is 12.0. The van der Waals surface area contributed by atoms with Crippen molar-refractivity contribution >= 4 is 45.6 Å². The molecule has 0 spiro atoms. The minimum atomic E-state index is -0.477. The summed E-state index contributed by atoms with van der Waals surface area (Å²) in [5.41, 5.74) is 3.34. The van der Waals surface area contributed by atoms with Crippen LogP contribution < -0.4 is 0 Å². The monoisotopic (exact) mass is 516 g/mol. The normalized spacial score (nSPS) is 11.0. The molecule has 0 unspecified atom stereocenters. The van der Waals surface area contributed by atoms with E-state index in [1.165, 1.54) is 30.0 Å². The second kappa shape index (κ2) is 9.80. The van der Waals surface area contributed by atoms with Gasteiger partial charge in [-0.1, -0.05) is 65.8 Å². The summed E-state index contributed by atoms with van der Waals surface area (Å²) in [4.78, 5) is 23.1. The summed E-state index contributed by atoms with van der Waals surface area (Å²) in [5, 5.41) is 28.1. The van der Waals surface area contributed by atoms with Gasteiger partial charge in [-0.2, -0.15) is 5.10 Å². The third kappa shape index (κ3) is 4.79. The Bertz CT molecular complexity index is 1600. The van der Waals surface area contributed by atoms with Crippen LogP contribution in [0.25, 0.3) is 22.2 Å². The van der Waals surface area contributed by atoms with Gasteiger partial charge >= 0.3 is 0 Å². The van der Waals surface area contributed by atoms with Crippen molar-refractivity contribution < 1.29 is 9.85 Å². The summed E-state index contributed by atoms with van der Waals surface area (Å²) < 4.78 is 1.84. The highest BCUT2D eigenvalue weighted by molar-refractivity contribution is 7.99. The second-order valence-electron chi connectivity index (χ2n) is 7.95. The molecule has 0 saturated carbocycles. The van der Waals surface area contributed by atoms with Crippen molar-refractivity contribution in [3.8, 4) is 11.3 Å². The maximum atomic E-state index is 11.4. The quantitative estimate of drug-likeness (QED) is 0.165. The summed E-state index contributed by atoms with van der Waals surface area (Å²) in [6.07, 6.45) is 0. The van der Waals surface area contributed by atoms with Crippen LogP contribution in [0.2, 0.25) is 5.02 Å². The lowest BCUT2D eigenvalue weighted by Crippen LogP contribution is -2.01. The number of non-ortho nitro benzene ring substituents is 2. The van der Waals surface area contributed by atoms with E-state index >= 15 is 0 Å². The number of nitrogens with zero attached hydrogens (tertiary/aromatic N) is 4. The lowest BCUT2D eigenvalue weighted by molar-refractivity contribution is -0.385. The molecule has 36 heavy (non-hydrogen) atoms. The van der Waals surface area contributed by atoms with E-state index in [4.69, 9.17) is 16.7 Å². The zero-order valence-electron chi connectivity index (χ0n) is 18.6. The van der Waals surface area contributed by atoms with Crippen LogP contribution in [0.3, 0.4) is 0 Å². The van der Waals surface area contributed by atoms with Gasteiger partial charge in [-0.15, -0.1) is 0 Å². The number of nitro benzene ring substituents is 2. The van der Waals surface area contributed by atoms with Gasteiger partial charge in [-0.3, -0.25) is 24.9 Å². The van der Waals surface area contributed by atoms with Crippen molar-refractivity contribution in [2.45, 2.75) is 16.3 Å². The van der Waals surface area contributed by atoms with Gasteiger partial charge in [-0.05, 0) is 29.8 Å². The van der Waals surface area contributed by atoms with Crippen molar-refractivity contribution in [2.75, 3.05) is 0 Å². The zero-order chi connectivity index (χ0) is 25.2. The lowest BCUT2D eigenvalue weighted by atomic mass is 10.1. The van der Waals surface area contributed by atoms with Crippen LogP contribution in [0.15, 0.2) is 101 Å². The molecule has 0 fully saturated rings. The molecule has 10 heteroatoms. The van der Waals surface area contributed by atoms with E-state index in [2.05, 4.69) is 0 Å². The Balaban J connectivity index is 1.43. The highest BCUT2D eigenvalue weighted by Gasteiger charge is 2.17. The Hall–Kier alpha value is -4.21. The molecule has 0 aliphatic carbocycles. The van der Waals surface area contributed by atoms with Gasteiger partial charge in [0.2, 0.25) is 0 Å². The van der Waals surface area contributed by atoms with Crippen LogP contribution in [-0.2, 0) is 6.54 Å². The molecule has 8 nitrogen and oxygen atoms in total. The van der Waals surface area contributed by atoms with E-state index in [9.17, 15) is 20.2 Å². The SMILES string of the molecule is O=[N+]([O-])c1ccc(Sc2ccc(Cn3nc(-c4ccccc4)c4cc([N+](=O)[O-])ccc43)cc2)c(Cl)c1. The van der Waals surface area contributed by atoms with Crippen molar-refractivity contribution in [2.24, 2.45) is 0 Å². The number of fused-ring (bicyclic) bond motifs is 1. The van der Waals surface area contributed by atoms with Gasteiger partial charge in [0.15, 0.2) is 0 Å². The molecule has 5 aromatic rings. The van der Waals surface area contributed by atoms with E-state index in [0.717, 1.165) is 31.8 Å². The second-order valence-corrected chi connectivity index (χ2v) is 9.47. The maximum Gasteiger partial charge on any atom is 0.270 e. The van der Waals surface area contributed by atoms with Gasteiger partial charge in [0, 0.05) is 45.0 Å². The molecule has 0 amide bonds. The Labute approximate surface area is 214 Å². The number of rotatable bonds is 7. The zero-order valence-corrected chi connectivity index (χ0v) is 20.1. The average Bonchev–Trinajstić information content (AvgIpc) is 3.24. The number of hydrogen-bond donors (Lipinski definition) is 0. The molecule has 0 aliphatic rings. The first kappa shape index (κ1) is 23.5. The van der Waals surface area contributed by atoms with Crippen LogP contribution in [0.4, 0.5) is 11.4 Å². The van der Waals surface area contributed by atoms with Gasteiger partial charge in [0.1, 0.15) is 5.69 Å². The maximum absolute atomic E-state index is 11.4. The first-order valence-electron chi connectivity index (χ1n) is 10.8. The standard InChI is InChI=1S/C26H17ClN4O4S/c27-23-15-20(31(34)35)9-13-25(23)36-21-10-6-17(7-11-21)16-29-24-12-8-19(30(32)33)14-22(24)26(28-29)18-4-2-1-3-5-18/h1-15H,16H2. The molecule has 4 aromatic carbocycles. The van der Waals surface area contributed by atoms with Crippen LogP contribution in [0.1, 0.15) is 5.56 Å². The minimum absolute atomic E-state index is 0.0190. The van der Waals surface area contributed by atoms with E-state index in [1.54, 1.807) is 18.2 Å². The Morgan fingerprint density at radius 1 is 0.833 bits per heavy atom. The summed E-state index contributed by atoms with van der Waals surface area (Å²) in [5.74, 6) is 0. The summed E-state index contributed by atoms with van der Waals surface area (Å²) in [7, 11) is 0. The molecule has 1 aromatic heterocycles. The van der Waals surface area contributed by atoms with Crippen LogP contribution in [0.5, 0.6) is 0 Å². The molecule has 0 saturated heterocycles. The van der Waals surface area contributed by atoms with Crippen molar-refractivity contribution in [3.05, 3.63) is 122 Å².